The molecule has 0 aliphatic heterocycles. The summed E-state index contributed by atoms with van der Waals surface area (Å²) in [6.07, 6.45) is 24.7. The van der Waals surface area contributed by atoms with E-state index in [4.69, 9.17) is 0 Å². The van der Waals surface area contributed by atoms with Crippen LogP contribution < -0.4 is 0 Å². The summed E-state index contributed by atoms with van der Waals surface area (Å²) < 4.78 is 2.27. The summed E-state index contributed by atoms with van der Waals surface area (Å²) >= 11 is 1.97. The molecule has 0 bridgehead atoms. The van der Waals surface area contributed by atoms with E-state index in [0.29, 0.717) is 0 Å². The van der Waals surface area contributed by atoms with Crippen molar-refractivity contribution in [3.8, 4) is 5.82 Å². The van der Waals surface area contributed by atoms with Crippen molar-refractivity contribution >= 4 is 11.8 Å². The number of rotatable bonds is 19. The molecule has 2 heterocycles. The quantitative estimate of drug-likeness (QED) is 0.159. The topological polar surface area (TPSA) is 17.8 Å². The molecule has 2 rings (SSSR count). The third-order valence-corrected chi connectivity index (χ3v) is 7.27. The number of aromatic nitrogens is 2. The highest BCUT2D eigenvalue weighted by Gasteiger charge is 2.08. The first kappa shape index (κ1) is 26.0. The summed E-state index contributed by atoms with van der Waals surface area (Å²) in [6, 6.07) is 10.6. The summed E-state index contributed by atoms with van der Waals surface area (Å²) in [6.45, 7) is 4.46. The Hall–Kier alpha value is -1.22. The van der Waals surface area contributed by atoms with Crippen LogP contribution in [-0.4, -0.2) is 15.3 Å². The number of unbranched alkanes of at least 4 members (excludes halogenated alkanes) is 15. The van der Waals surface area contributed by atoms with Gasteiger partial charge in [0.15, 0.2) is 0 Å². The third-order valence-electron chi connectivity index (χ3n) is 6.17. The molecule has 0 unspecified atom stereocenters. The summed E-state index contributed by atoms with van der Waals surface area (Å²) in [7, 11) is 0. The largest absolute Gasteiger partial charge is 0.293 e. The van der Waals surface area contributed by atoms with Gasteiger partial charge in [-0.1, -0.05) is 109 Å². The van der Waals surface area contributed by atoms with Gasteiger partial charge in [0.25, 0.3) is 0 Å². The highest BCUT2D eigenvalue weighted by molar-refractivity contribution is 7.99. The molecular weight excluding hydrogens is 396 g/mol. The number of hydrogen-bond donors (Lipinski definition) is 0. The minimum Gasteiger partial charge on any atom is -0.293 e. The third kappa shape index (κ3) is 11.3. The molecular formula is C28H46N2S. The number of pyridine rings is 1. The second-order valence-electron chi connectivity index (χ2n) is 8.99. The molecule has 0 aliphatic rings. The predicted molar refractivity (Wildman–Crippen MR) is 139 cm³/mol. The number of thioether (sulfide) groups is 1. The fourth-order valence-electron chi connectivity index (χ4n) is 4.23. The van der Waals surface area contributed by atoms with Gasteiger partial charge in [-0.2, -0.15) is 0 Å². The first-order valence-electron chi connectivity index (χ1n) is 13.1. The van der Waals surface area contributed by atoms with Crippen LogP contribution in [0.3, 0.4) is 0 Å². The highest BCUT2D eigenvalue weighted by Crippen LogP contribution is 2.26. The van der Waals surface area contributed by atoms with Gasteiger partial charge in [0.05, 0.1) is 5.03 Å². The van der Waals surface area contributed by atoms with E-state index in [1.54, 1.807) is 0 Å². The second-order valence-corrected chi connectivity index (χ2v) is 10.1. The van der Waals surface area contributed by atoms with Crippen molar-refractivity contribution in [2.75, 3.05) is 5.75 Å². The van der Waals surface area contributed by atoms with Gasteiger partial charge < -0.3 is 0 Å². The maximum absolute atomic E-state index is 4.52. The monoisotopic (exact) mass is 442 g/mol. The number of aryl methyl sites for hydroxylation is 1. The van der Waals surface area contributed by atoms with Gasteiger partial charge in [-0.15, -0.1) is 11.8 Å². The standard InChI is InChI=1S/C28H46N2S/c1-3-4-5-6-7-8-9-10-11-12-13-14-15-16-17-20-25-31-28-23-22-26(2)30(28)27-21-18-19-24-29-27/h18-19,21-24H,3-17,20,25H2,1-2H3. The Labute approximate surface area is 196 Å². The second kappa shape index (κ2) is 17.3. The molecule has 174 valence electrons. The number of nitrogens with zero attached hydrogens (tertiary/aromatic N) is 2. The Morgan fingerprint density at radius 1 is 0.677 bits per heavy atom. The van der Waals surface area contributed by atoms with Gasteiger partial charge in [0.2, 0.25) is 0 Å². The van der Waals surface area contributed by atoms with Crippen LogP contribution in [-0.2, 0) is 0 Å². The van der Waals surface area contributed by atoms with Gasteiger partial charge in [-0.3, -0.25) is 4.57 Å². The maximum Gasteiger partial charge on any atom is 0.137 e. The van der Waals surface area contributed by atoms with Crippen LogP contribution in [0.15, 0.2) is 41.6 Å². The first-order valence-corrected chi connectivity index (χ1v) is 14.0. The lowest BCUT2D eigenvalue weighted by Crippen LogP contribution is -2.00. The highest BCUT2D eigenvalue weighted by atomic mass is 32.2. The van der Waals surface area contributed by atoms with Crippen molar-refractivity contribution in [2.45, 2.75) is 122 Å². The summed E-state index contributed by atoms with van der Waals surface area (Å²) in [5, 5.41) is 1.32. The first-order chi connectivity index (χ1) is 15.3. The normalized spacial score (nSPS) is 11.3. The van der Waals surface area contributed by atoms with Crippen LogP contribution in [0.4, 0.5) is 0 Å². The number of hydrogen-bond acceptors (Lipinski definition) is 2. The van der Waals surface area contributed by atoms with Crippen LogP contribution in [0, 0.1) is 6.92 Å². The van der Waals surface area contributed by atoms with E-state index < -0.39 is 0 Å². The molecule has 2 aromatic rings. The zero-order valence-corrected chi connectivity index (χ0v) is 21.1. The summed E-state index contributed by atoms with van der Waals surface area (Å²) in [5.41, 5.74) is 1.26. The van der Waals surface area contributed by atoms with E-state index in [0.717, 1.165) is 5.82 Å². The van der Waals surface area contributed by atoms with E-state index >= 15 is 0 Å². The van der Waals surface area contributed by atoms with Crippen LogP contribution >= 0.6 is 11.8 Å². The molecule has 0 saturated heterocycles. The SMILES string of the molecule is CCCCCCCCCCCCCCCCCCSc1ccc(C)n1-c1ccccn1. The Balaban J connectivity index is 1.40. The predicted octanol–water partition coefficient (Wildman–Crippen LogP) is 9.53. The smallest absolute Gasteiger partial charge is 0.137 e. The van der Waals surface area contributed by atoms with Crippen molar-refractivity contribution in [1.82, 2.24) is 9.55 Å². The van der Waals surface area contributed by atoms with Crippen molar-refractivity contribution < 1.29 is 0 Å². The minimum atomic E-state index is 1.03. The molecule has 3 heteroatoms. The Morgan fingerprint density at radius 3 is 1.74 bits per heavy atom. The van der Waals surface area contributed by atoms with Crippen LogP contribution in [0.2, 0.25) is 0 Å². The molecule has 0 amide bonds. The molecule has 0 spiro atoms. The lowest BCUT2D eigenvalue weighted by molar-refractivity contribution is 0.531. The zero-order valence-electron chi connectivity index (χ0n) is 20.3. The van der Waals surface area contributed by atoms with Crippen molar-refractivity contribution in [3.05, 3.63) is 42.2 Å². The summed E-state index contributed by atoms with van der Waals surface area (Å²) in [5.74, 6) is 2.23. The van der Waals surface area contributed by atoms with Gasteiger partial charge in [0, 0.05) is 11.9 Å². The van der Waals surface area contributed by atoms with E-state index in [-0.39, 0.29) is 0 Å². The molecule has 0 N–H and O–H groups in total. The van der Waals surface area contributed by atoms with Crippen molar-refractivity contribution in [1.29, 1.82) is 0 Å². The lowest BCUT2D eigenvalue weighted by atomic mass is 10.0. The molecule has 0 saturated carbocycles. The average molecular weight is 443 g/mol. The molecule has 31 heavy (non-hydrogen) atoms. The minimum absolute atomic E-state index is 1.03. The van der Waals surface area contributed by atoms with Gasteiger partial charge in [0.1, 0.15) is 5.82 Å². The molecule has 0 aliphatic carbocycles. The Bertz CT molecular complexity index is 665. The van der Waals surface area contributed by atoms with Gasteiger partial charge >= 0.3 is 0 Å². The van der Waals surface area contributed by atoms with E-state index in [1.807, 2.05) is 24.0 Å². The van der Waals surface area contributed by atoms with Crippen LogP contribution in [0.1, 0.15) is 115 Å². The Morgan fingerprint density at radius 2 is 1.23 bits per heavy atom. The lowest BCUT2D eigenvalue weighted by Gasteiger charge is -2.10. The maximum atomic E-state index is 4.52. The van der Waals surface area contributed by atoms with Crippen molar-refractivity contribution in [3.63, 3.8) is 0 Å². The van der Waals surface area contributed by atoms with E-state index in [2.05, 4.69) is 47.7 Å². The molecule has 0 aromatic carbocycles. The molecule has 0 atom stereocenters. The zero-order chi connectivity index (χ0) is 22.0. The van der Waals surface area contributed by atoms with E-state index in [1.165, 1.54) is 119 Å². The molecule has 0 fully saturated rings. The van der Waals surface area contributed by atoms with E-state index in [9.17, 15) is 0 Å². The van der Waals surface area contributed by atoms with Crippen LogP contribution in [0.5, 0.6) is 0 Å². The molecule has 0 radical (unpaired) electrons. The van der Waals surface area contributed by atoms with Gasteiger partial charge in [-0.05, 0) is 43.4 Å². The Kier molecular flexibility index (Phi) is 14.6. The molecule has 2 nitrogen and oxygen atoms in total. The van der Waals surface area contributed by atoms with Crippen molar-refractivity contribution in [2.24, 2.45) is 0 Å². The van der Waals surface area contributed by atoms with Crippen LogP contribution in [0.25, 0.3) is 5.82 Å². The average Bonchev–Trinajstić information content (AvgIpc) is 3.16. The fraction of sp³-hybridized carbons (Fsp3) is 0.679. The summed E-state index contributed by atoms with van der Waals surface area (Å²) in [4.78, 5) is 4.52. The fourth-order valence-corrected chi connectivity index (χ4v) is 5.32. The van der Waals surface area contributed by atoms with Gasteiger partial charge in [-0.25, -0.2) is 4.98 Å². The molecule has 2 aromatic heterocycles.